The molecule has 9 heteroatoms. The molecular weight excluding hydrogens is 294 g/mol. The second-order valence-corrected chi connectivity index (χ2v) is 5.25. The lowest BCUT2D eigenvalue weighted by Gasteiger charge is -2.05. The number of rotatable bonds is 5. The summed E-state index contributed by atoms with van der Waals surface area (Å²) in [7, 11) is 0. The summed E-state index contributed by atoms with van der Waals surface area (Å²) in [6.07, 6.45) is 0.472. The predicted molar refractivity (Wildman–Crippen MR) is 75.6 cm³/mol. The second kappa shape index (κ2) is 5.88. The van der Waals surface area contributed by atoms with Crippen molar-refractivity contribution in [3.05, 3.63) is 44.0 Å². The third-order valence-electron chi connectivity index (χ3n) is 3.01. The van der Waals surface area contributed by atoms with Gasteiger partial charge in [0.15, 0.2) is 6.04 Å². The Balaban J connectivity index is 2.42. The number of esters is 1. The Morgan fingerprint density at radius 2 is 1.73 bits per heavy atom. The molecule has 1 aliphatic rings. The number of non-ortho nitro benzene ring substituents is 2. The number of carbonyl (C=O) groups excluding carboxylic acids is 1. The van der Waals surface area contributed by atoms with Crippen LogP contribution in [-0.2, 0) is 9.53 Å². The van der Waals surface area contributed by atoms with Crippen LogP contribution in [0, 0.1) is 26.1 Å². The number of nitro benzene ring substituents is 2. The molecule has 0 spiro atoms. The van der Waals surface area contributed by atoms with Crippen molar-refractivity contribution in [3.8, 4) is 0 Å². The van der Waals surface area contributed by atoms with E-state index < -0.39 is 33.2 Å². The Hall–Kier alpha value is -2.84. The van der Waals surface area contributed by atoms with E-state index >= 15 is 0 Å². The molecule has 0 saturated heterocycles. The molecule has 2 rings (SSSR count). The number of nitrogens with zero attached hydrogens (tertiary/aromatic N) is 3. The van der Waals surface area contributed by atoms with Crippen molar-refractivity contribution in [1.29, 1.82) is 0 Å². The van der Waals surface area contributed by atoms with E-state index in [1.54, 1.807) is 0 Å². The van der Waals surface area contributed by atoms with E-state index in [4.69, 9.17) is 4.74 Å². The van der Waals surface area contributed by atoms with Crippen molar-refractivity contribution in [2.24, 2.45) is 10.9 Å². The highest BCUT2D eigenvalue weighted by Crippen LogP contribution is 2.26. The molecule has 22 heavy (non-hydrogen) atoms. The smallest absolute Gasteiger partial charge is 0.337 e. The normalized spacial score (nSPS) is 17.3. The number of nitro groups is 2. The van der Waals surface area contributed by atoms with E-state index in [2.05, 4.69) is 4.99 Å². The third-order valence-corrected chi connectivity index (χ3v) is 3.01. The number of hydrogen-bond acceptors (Lipinski definition) is 7. The maximum Gasteiger partial charge on any atom is 0.337 e. The molecule has 0 saturated carbocycles. The van der Waals surface area contributed by atoms with Crippen LogP contribution in [0.3, 0.4) is 0 Å². The molecule has 0 N–H and O–H groups in total. The summed E-state index contributed by atoms with van der Waals surface area (Å²) in [6.45, 7) is 3.83. The van der Waals surface area contributed by atoms with E-state index in [1.165, 1.54) is 0 Å². The molecule has 1 heterocycles. The van der Waals surface area contributed by atoms with Crippen molar-refractivity contribution in [2.75, 3.05) is 0 Å². The Morgan fingerprint density at radius 3 is 2.18 bits per heavy atom. The number of aliphatic imine (C=N–C) groups is 1. The van der Waals surface area contributed by atoms with Gasteiger partial charge in [0.05, 0.1) is 21.5 Å². The molecule has 0 unspecified atom stereocenters. The minimum absolute atomic E-state index is 0.0421. The third kappa shape index (κ3) is 3.25. The maximum atomic E-state index is 11.7. The van der Waals surface area contributed by atoms with E-state index in [9.17, 15) is 25.0 Å². The molecule has 1 aromatic carbocycles. The molecule has 0 bridgehead atoms. The van der Waals surface area contributed by atoms with Crippen LogP contribution >= 0.6 is 0 Å². The molecule has 0 aliphatic carbocycles. The fraction of sp³-hybridized carbons (Fsp3) is 0.385. The summed E-state index contributed by atoms with van der Waals surface area (Å²) in [6, 6.07) is 2.34. The Kier molecular flexibility index (Phi) is 4.15. The molecule has 1 aromatic rings. The second-order valence-electron chi connectivity index (χ2n) is 5.25. The van der Waals surface area contributed by atoms with Gasteiger partial charge in [-0.25, -0.2) is 9.79 Å². The molecule has 0 aromatic heterocycles. The summed E-state index contributed by atoms with van der Waals surface area (Å²) in [4.78, 5) is 36.0. The highest BCUT2D eigenvalue weighted by atomic mass is 16.6. The zero-order chi connectivity index (χ0) is 16.4. The van der Waals surface area contributed by atoms with Gasteiger partial charge in [-0.15, -0.1) is 0 Å². The van der Waals surface area contributed by atoms with Gasteiger partial charge in [0.2, 0.25) is 5.90 Å². The van der Waals surface area contributed by atoms with Crippen molar-refractivity contribution in [2.45, 2.75) is 26.3 Å². The summed E-state index contributed by atoms with van der Waals surface area (Å²) >= 11 is 0. The minimum Gasteiger partial charge on any atom is -0.406 e. The Morgan fingerprint density at radius 1 is 1.18 bits per heavy atom. The number of cyclic esters (lactones) is 1. The molecule has 1 atom stereocenters. The van der Waals surface area contributed by atoms with Crippen molar-refractivity contribution in [3.63, 3.8) is 0 Å². The molecule has 0 radical (unpaired) electrons. The fourth-order valence-electron chi connectivity index (χ4n) is 2.04. The number of hydrogen-bond donors (Lipinski definition) is 0. The lowest BCUT2D eigenvalue weighted by molar-refractivity contribution is -0.394. The SMILES string of the molecule is CC(C)C[C@H]1N=C(c2cc([N+](=O)[O-])cc([N+](=O)[O-])c2)OC1=O. The van der Waals surface area contributed by atoms with E-state index in [0.717, 1.165) is 18.2 Å². The van der Waals surface area contributed by atoms with E-state index in [0.29, 0.717) is 6.42 Å². The molecule has 9 nitrogen and oxygen atoms in total. The van der Waals surface area contributed by atoms with Crippen LogP contribution in [0.1, 0.15) is 25.8 Å². The average Bonchev–Trinajstić information content (AvgIpc) is 2.79. The highest BCUT2D eigenvalue weighted by Gasteiger charge is 2.31. The molecular formula is C13H13N3O6. The maximum absolute atomic E-state index is 11.7. The van der Waals surface area contributed by atoms with Crippen molar-refractivity contribution < 1.29 is 19.4 Å². The number of carbonyl (C=O) groups is 1. The van der Waals surface area contributed by atoms with Crippen LogP contribution in [0.5, 0.6) is 0 Å². The lowest BCUT2D eigenvalue weighted by atomic mass is 10.1. The van der Waals surface area contributed by atoms with Gasteiger partial charge < -0.3 is 4.74 Å². The van der Waals surface area contributed by atoms with Gasteiger partial charge in [-0.2, -0.15) is 0 Å². The molecule has 0 amide bonds. The fourth-order valence-corrected chi connectivity index (χ4v) is 2.04. The first-order valence-corrected chi connectivity index (χ1v) is 6.51. The zero-order valence-corrected chi connectivity index (χ0v) is 11.9. The Bertz CT molecular complexity index is 650. The number of ether oxygens (including phenoxy) is 1. The topological polar surface area (TPSA) is 125 Å². The van der Waals surface area contributed by atoms with Gasteiger partial charge in [-0.3, -0.25) is 20.2 Å². The standard InChI is InChI=1S/C13H13N3O6/c1-7(2)3-11-13(17)22-12(14-11)8-4-9(15(18)19)6-10(5-8)16(20)21/h4-7,11H,3H2,1-2H3/t11-/m1/s1. The van der Waals surface area contributed by atoms with E-state index in [1.807, 2.05) is 13.8 Å². The van der Waals surface area contributed by atoms with Crippen LogP contribution in [-0.4, -0.2) is 27.8 Å². The monoisotopic (exact) mass is 307 g/mol. The van der Waals surface area contributed by atoms with Gasteiger partial charge in [0.1, 0.15) is 0 Å². The lowest BCUT2D eigenvalue weighted by Crippen LogP contribution is -2.17. The van der Waals surface area contributed by atoms with Crippen molar-refractivity contribution in [1.82, 2.24) is 0 Å². The first-order valence-electron chi connectivity index (χ1n) is 6.51. The van der Waals surface area contributed by atoms with Crippen LogP contribution in [0.2, 0.25) is 0 Å². The summed E-state index contributed by atoms with van der Waals surface area (Å²) < 4.78 is 5.00. The average molecular weight is 307 g/mol. The van der Waals surface area contributed by atoms with Crippen LogP contribution in [0.25, 0.3) is 0 Å². The van der Waals surface area contributed by atoms with Gasteiger partial charge in [0, 0.05) is 12.1 Å². The van der Waals surface area contributed by atoms with Crippen LogP contribution in [0.4, 0.5) is 11.4 Å². The quantitative estimate of drug-likeness (QED) is 0.466. The highest BCUT2D eigenvalue weighted by molar-refractivity contribution is 6.06. The Labute approximate surface area is 124 Å². The predicted octanol–water partition coefficient (Wildman–Crippen LogP) is 2.22. The van der Waals surface area contributed by atoms with E-state index in [-0.39, 0.29) is 17.4 Å². The molecule has 1 aliphatic heterocycles. The zero-order valence-electron chi connectivity index (χ0n) is 11.9. The van der Waals surface area contributed by atoms with Crippen molar-refractivity contribution >= 4 is 23.2 Å². The summed E-state index contributed by atoms with van der Waals surface area (Å²) in [5.41, 5.74) is -0.883. The van der Waals surface area contributed by atoms with Gasteiger partial charge >= 0.3 is 5.97 Å². The van der Waals surface area contributed by atoms with Gasteiger partial charge in [-0.05, 0) is 12.3 Å². The molecule has 0 fully saturated rings. The van der Waals surface area contributed by atoms with Crippen LogP contribution in [0.15, 0.2) is 23.2 Å². The minimum atomic E-state index is -0.751. The summed E-state index contributed by atoms with van der Waals surface area (Å²) in [5, 5.41) is 21.7. The van der Waals surface area contributed by atoms with Gasteiger partial charge in [0.25, 0.3) is 11.4 Å². The first kappa shape index (κ1) is 15.5. The van der Waals surface area contributed by atoms with Crippen LogP contribution < -0.4 is 0 Å². The molecule has 116 valence electrons. The largest absolute Gasteiger partial charge is 0.406 e. The summed E-state index contributed by atoms with van der Waals surface area (Å²) in [5.74, 6) is -0.472. The van der Waals surface area contributed by atoms with Gasteiger partial charge in [-0.1, -0.05) is 13.8 Å². The first-order chi connectivity index (χ1) is 10.3. The number of benzene rings is 1.